The van der Waals surface area contributed by atoms with E-state index in [1.807, 2.05) is 0 Å². The summed E-state index contributed by atoms with van der Waals surface area (Å²) in [6, 6.07) is 5.38. The zero-order chi connectivity index (χ0) is 13.8. The molecule has 1 fully saturated rings. The lowest BCUT2D eigenvalue weighted by molar-refractivity contribution is -0.118. The normalized spacial score (nSPS) is 20.3. The highest BCUT2D eigenvalue weighted by molar-refractivity contribution is 6.35. The van der Waals surface area contributed by atoms with Crippen molar-refractivity contribution >= 4 is 34.8 Å². The van der Waals surface area contributed by atoms with E-state index in [1.54, 1.807) is 18.2 Å². The minimum atomic E-state index is -0.0714. The standard InChI is InChI=1S/C13H17Cl2N3O/c1-9-7-16-4-5-18(9)8-13(19)17-12-6-10(14)2-3-11(12)15/h2-3,6,9,16H,4-5,7-8H2,1H3,(H,17,19)/t9-/m1/s1. The van der Waals surface area contributed by atoms with Gasteiger partial charge in [-0.1, -0.05) is 23.2 Å². The molecule has 19 heavy (non-hydrogen) atoms. The van der Waals surface area contributed by atoms with Gasteiger partial charge in [0.2, 0.25) is 5.91 Å². The maximum atomic E-state index is 12.0. The van der Waals surface area contributed by atoms with E-state index >= 15 is 0 Å². The molecule has 1 aromatic carbocycles. The summed E-state index contributed by atoms with van der Waals surface area (Å²) in [6.45, 7) is 5.16. The van der Waals surface area contributed by atoms with Gasteiger partial charge in [0.25, 0.3) is 0 Å². The lowest BCUT2D eigenvalue weighted by Gasteiger charge is -2.33. The molecular formula is C13H17Cl2N3O. The van der Waals surface area contributed by atoms with E-state index in [2.05, 4.69) is 22.5 Å². The van der Waals surface area contributed by atoms with Crippen molar-refractivity contribution in [1.82, 2.24) is 10.2 Å². The second-order valence-corrected chi connectivity index (χ2v) is 5.54. The van der Waals surface area contributed by atoms with Crippen LogP contribution in [0.3, 0.4) is 0 Å². The van der Waals surface area contributed by atoms with Crippen molar-refractivity contribution in [3.8, 4) is 0 Å². The Morgan fingerprint density at radius 2 is 2.32 bits per heavy atom. The number of nitrogens with one attached hydrogen (secondary N) is 2. The maximum Gasteiger partial charge on any atom is 0.238 e. The van der Waals surface area contributed by atoms with E-state index in [0.717, 1.165) is 19.6 Å². The first kappa shape index (κ1) is 14.6. The number of rotatable bonds is 3. The topological polar surface area (TPSA) is 44.4 Å². The molecule has 4 nitrogen and oxygen atoms in total. The summed E-state index contributed by atoms with van der Waals surface area (Å²) in [5.74, 6) is -0.0714. The fourth-order valence-electron chi connectivity index (χ4n) is 2.09. The van der Waals surface area contributed by atoms with Gasteiger partial charge in [-0.05, 0) is 25.1 Å². The highest BCUT2D eigenvalue weighted by Crippen LogP contribution is 2.25. The Morgan fingerprint density at radius 1 is 1.53 bits per heavy atom. The molecule has 0 unspecified atom stereocenters. The van der Waals surface area contributed by atoms with Crippen molar-refractivity contribution in [3.05, 3.63) is 28.2 Å². The average molecular weight is 302 g/mol. The largest absolute Gasteiger partial charge is 0.324 e. The average Bonchev–Trinajstić information content (AvgIpc) is 2.37. The molecule has 1 aromatic rings. The number of halogens is 2. The number of piperazine rings is 1. The van der Waals surface area contributed by atoms with Gasteiger partial charge < -0.3 is 10.6 Å². The molecular weight excluding hydrogens is 285 g/mol. The molecule has 1 aliphatic heterocycles. The van der Waals surface area contributed by atoms with Gasteiger partial charge in [0.05, 0.1) is 17.3 Å². The molecule has 6 heteroatoms. The van der Waals surface area contributed by atoms with Crippen molar-refractivity contribution in [2.45, 2.75) is 13.0 Å². The summed E-state index contributed by atoms with van der Waals surface area (Å²) in [7, 11) is 0. The summed E-state index contributed by atoms with van der Waals surface area (Å²) >= 11 is 11.9. The molecule has 1 heterocycles. The van der Waals surface area contributed by atoms with Crippen LogP contribution in [0.4, 0.5) is 5.69 Å². The molecule has 0 aliphatic carbocycles. The Kier molecular flexibility index (Phi) is 5.05. The Morgan fingerprint density at radius 3 is 3.05 bits per heavy atom. The maximum absolute atomic E-state index is 12.0. The monoisotopic (exact) mass is 301 g/mol. The summed E-state index contributed by atoms with van der Waals surface area (Å²) in [6.07, 6.45) is 0. The first-order chi connectivity index (χ1) is 9.06. The number of hydrogen-bond donors (Lipinski definition) is 2. The number of anilines is 1. The molecule has 1 saturated heterocycles. The zero-order valence-electron chi connectivity index (χ0n) is 10.7. The van der Waals surface area contributed by atoms with Gasteiger partial charge in [0, 0.05) is 30.7 Å². The van der Waals surface area contributed by atoms with E-state index < -0.39 is 0 Å². The van der Waals surface area contributed by atoms with E-state index in [-0.39, 0.29) is 5.91 Å². The van der Waals surface area contributed by atoms with Gasteiger partial charge in [0.1, 0.15) is 0 Å². The molecule has 2 rings (SSSR count). The van der Waals surface area contributed by atoms with Crippen LogP contribution in [0.5, 0.6) is 0 Å². The summed E-state index contributed by atoms with van der Waals surface area (Å²) in [5.41, 5.74) is 0.557. The summed E-state index contributed by atoms with van der Waals surface area (Å²) < 4.78 is 0. The van der Waals surface area contributed by atoms with Crippen LogP contribution in [0.1, 0.15) is 6.92 Å². The highest BCUT2D eigenvalue weighted by atomic mass is 35.5. The number of hydrogen-bond acceptors (Lipinski definition) is 3. The zero-order valence-corrected chi connectivity index (χ0v) is 12.3. The van der Waals surface area contributed by atoms with E-state index in [9.17, 15) is 4.79 Å². The van der Waals surface area contributed by atoms with Crippen molar-refractivity contribution in [3.63, 3.8) is 0 Å². The quantitative estimate of drug-likeness (QED) is 0.900. The van der Waals surface area contributed by atoms with E-state index in [1.165, 1.54) is 0 Å². The number of carbonyl (C=O) groups excluding carboxylic acids is 1. The van der Waals surface area contributed by atoms with Crippen LogP contribution >= 0.6 is 23.2 Å². The van der Waals surface area contributed by atoms with E-state index in [4.69, 9.17) is 23.2 Å². The molecule has 0 aromatic heterocycles. The molecule has 0 saturated carbocycles. The van der Waals surface area contributed by atoms with Crippen molar-refractivity contribution in [2.24, 2.45) is 0 Å². The van der Waals surface area contributed by atoms with Crippen molar-refractivity contribution in [1.29, 1.82) is 0 Å². The molecule has 104 valence electrons. The third-order valence-electron chi connectivity index (χ3n) is 3.19. The Bertz CT molecular complexity index is 467. The van der Waals surface area contributed by atoms with Crippen molar-refractivity contribution in [2.75, 3.05) is 31.5 Å². The van der Waals surface area contributed by atoms with Crippen LogP contribution in [-0.4, -0.2) is 43.0 Å². The number of benzene rings is 1. The number of amides is 1. The molecule has 0 radical (unpaired) electrons. The third kappa shape index (κ3) is 4.08. The molecule has 1 aliphatic rings. The summed E-state index contributed by atoms with van der Waals surface area (Å²) in [5, 5.41) is 7.14. The predicted molar refractivity (Wildman–Crippen MR) is 79.0 cm³/mol. The molecule has 1 atom stereocenters. The van der Waals surface area contributed by atoms with Crippen LogP contribution in [-0.2, 0) is 4.79 Å². The SMILES string of the molecule is C[C@@H]1CNCCN1CC(=O)Nc1cc(Cl)ccc1Cl. The highest BCUT2D eigenvalue weighted by Gasteiger charge is 2.20. The van der Waals surface area contributed by atoms with Gasteiger partial charge in [-0.3, -0.25) is 9.69 Å². The third-order valence-corrected chi connectivity index (χ3v) is 3.75. The molecule has 1 amide bonds. The van der Waals surface area contributed by atoms with Gasteiger partial charge in [0.15, 0.2) is 0 Å². The smallest absolute Gasteiger partial charge is 0.238 e. The van der Waals surface area contributed by atoms with Gasteiger partial charge >= 0.3 is 0 Å². The Hall–Kier alpha value is -0.810. The Balaban J connectivity index is 1.95. The lowest BCUT2D eigenvalue weighted by Crippen LogP contribution is -2.51. The van der Waals surface area contributed by atoms with Crippen molar-refractivity contribution < 1.29 is 4.79 Å². The van der Waals surface area contributed by atoms with Crippen LogP contribution in [0.25, 0.3) is 0 Å². The molecule has 0 bridgehead atoms. The fourth-order valence-corrected chi connectivity index (χ4v) is 2.42. The van der Waals surface area contributed by atoms with Crippen LogP contribution in [0, 0.1) is 0 Å². The second-order valence-electron chi connectivity index (χ2n) is 4.70. The van der Waals surface area contributed by atoms with Crippen LogP contribution < -0.4 is 10.6 Å². The number of nitrogens with zero attached hydrogens (tertiary/aromatic N) is 1. The lowest BCUT2D eigenvalue weighted by atomic mass is 10.2. The minimum Gasteiger partial charge on any atom is -0.324 e. The second kappa shape index (κ2) is 6.57. The molecule has 2 N–H and O–H groups in total. The van der Waals surface area contributed by atoms with Crippen LogP contribution in [0.2, 0.25) is 10.0 Å². The van der Waals surface area contributed by atoms with Gasteiger partial charge in [-0.2, -0.15) is 0 Å². The summed E-state index contributed by atoms with van der Waals surface area (Å²) in [4.78, 5) is 14.2. The Labute approximate surface area is 123 Å². The first-order valence-electron chi connectivity index (χ1n) is 6.26. The first-order valence-corrected chi connectivity index (χ1v) is 7.01. The minimum absolute atomic E-state index is 0.0714. The van der Waals surface area contributed by atoms with Crippen LogP contribution in [0.15, 0.2) is 18.2 Å². The molecule has 0 spiro atoms. The fraction of sp³-hybridized carbons (Fsp3) is 0.462. The predicted octanol–water partition coefficient (Wildman–Crippen LogP) is 2.23. The number of carbonyl (C=O) groups is 1. The van der Waals surface area contributed by atoms with Gasteiger partial charge in [-0.15, -0.1) is 0 Å². The van der Waals surface area contributed by atoms with E-state index in [0.29, 0.717) is 28.3 Å². The van der Waals surface area contributed by atoms with Gasteiger partial charge in [-0.25, -0.2) is 0 Å².